The molecule has 0 unspecified atom stereocenters. The summed E-state index contributed by atoms with van der Waals surface area (Å²) in [6.45, 7) is 5.79. The van der Waals surface area contributed by atoms with Gasteiger partial charge < -0.3 is 14.5 Å². The van der Waals surface area contributed by atoms with Gasteiger partial charge in [0.2, 0.25) is 0 Å². The van der Waals surface area contributed by atoms with E-state index in [0.717, 1.165) is 43.1 Å². The van der Waals surface area contributed by atoms with Crippen LogP contribution < -0.4 is 9.80 Å². The van der Waals surface area contributed by atoms with E-state index in [0.29, 0.717) is 12.1 Å². The van der Waals surface area contributed by atoms with Gasteiger partial charge in [0.1, 0.15) is 0 Å². The van der Waals surface area contributed by atoms with Crippen molar-refractivity contribution in [2.45, 2.75) is 13.5 Å². The summed E-state index contributed by atoms with van der Waals surface area (Å²) in [4.78, 5) is 20.0. The van der Waals surface area contributed by atoms with Crippen LogP contribution in [0.1, 0.15) is 11.3 Å². The Kier molecular flexibility index (Phi) is 5.31. The fraction of sp³-hybridized carbons (Fsp3) is 0.318. The van der Waals surface area contributed by atoms with Crippen molar-refractivity contribution in [3.05, 3.63) is 69.9 Å². The van der Waals surface area contributed by atoms with Crippen LogP contribution in [0.4, 0.5) is 17.1 Å². The van der Waals surface area contributed by atoms with Crippen molar-refractivity contribution in [1.29, 1.82) is 0 Å². The average Bonchev–Trinajstić information content (AvgIpc) is 2.73. The molecule has 2 aromatic carbocycles. The Morgan fingerprint density at radius 3 is 2.69 bits per heavy atom. The maximum Gasteiger partial charge on any atom is 0.295 e. The van der Waals surface area contributed by atoms with Crippen molar-refractivity contribution in [3.63, 3.8) is 0 Å². The number of ether oxygens (including phenoxy) is 1. The minimum Gasteiger partial charge on any atom is -0.378 e. The van der Waals surface area contributed by atoms with E-state index in [9.17, 15) is 10.1 Å². The zero-order valence-corrected chi connectivity index (χ0v) is 16.7. The summed E-state index contributed by atoms with van der Waals surface area (Å²) in [6.07, 6.45) is 0. The van der Waals surface area contributed by atoms with Gasteiger partial charge >= 0.3 is 0 Å². The van der Waals surface area contributed by atoms with Gasteiger partial charge in [0.25, 0.3) is 5.69 Å². The van der Waals surface area contributed by atoms with E-state index in [-0.39, 0.29) is 10.6 Å². The molecule has 0 saturated carbocycles. The number of non-ortho nitro benzene ring substituents is 1. The first-order valence-corrected chi connectivity index (χ1v) is 9.71. The number of hydrogen-bond donors (Lipinski definition) is 0. The molecule has 2 heterocycles. The molecule has 150 valence electrons. The number of hydrogen-bond acceptors (Lipinski definition) is 6. The highest BCUT2D eigenvalue weighted by Crippen LogP contribution is 2.33. The highest BCUT2D eigenvalue weighted by molar-refractivity contribution is 5.97. The topological polar surface area (TPSA) is 71.7 Å². The minimum absolute atomic E-state index is 0.0366. The second-order valence-corrected chi connectivity index (χ2v) is 7.30. The van der Waals surface area contributed by atoms with E-state index < -0.39 is 0 Å². The molecule has 7 heteroatoms. The van der Waals surface area contributed by atoms with Gasteiger partial charge in [-0.1, -0.05) is 30.3 Å². The summed E-state index contributed by atoms with van der Waals surface area (Å²) < 4.78 is 5.49. The van der Waals surface area contributed by atoms with Gasteiger partial charge in [0, 0.05) is 55.2 Å². The molecule has 0 bridgehead atoms. The van der Waals surface area contributed by atoms with Crippen molar-refractivity contribution < 1.29 is 9.66 Å². The molecule has 0 spiro atoms. The molecule has 4 rings (SSSR count). The van der Waals surface area contributed by atoms with E-state index in [2.05, 4.69) is 33.0 Å². The third kappa shape index (κ3) is 3.86. The Bertz CT molecular complexity index is 1050. The molecule has 1 aliphatic heterocycles. The number of para-hydroxylation sites is 2. The standard InChI is InChI=1S/C22H24N4O3/c1-16-14-21(18-7-5-9-20(26(27)28)22(18)23-16)24(2)15-17-6-3-4-8-19(17)25-10-12-29-13-11-25/h3-9,14H,10-13,15H2,1-2H3. The molecule has 1 aromatic heterocycles. The van der Waals surface area contributed by atoms with E-state index in [1.54, 1.807) is 6.07 Å². The van der Waals surface area contributed by atoms with E-state index >= 15 is 0 Å². The SMILES string of the molecule is Cc1cc(N(C)Cc2ccccc2N2CCOCC2)c2cccc([N+](=O)[O-])c2n1. The van der Waals surface area contributed by atoms with Crippen LogP contribution in [0, 0.1) is 17.0 Å². The minimum atomic E-state index is -0.369. The molecule has 3 aromatic rings. The zero-order chi connectivity index (χ0) is 20.4. The Morgan fingerprint density at radius 2 is 1.93 bits per heavy atom. The number of morpholine rings is 1. The molecule has 0 atom stereocenters. The fourth-order valence-corrected chi connectivity index (χ4v) is 3.90. The molecule has 0 aliphatic carbocycles. The van der Waals surface area contributed by atoms with E-state index in [1.807, 2.05) is 32.2 Å². The number of fused-ring (bicyclic) bond motifs is 1. The molecule has 0 N–H and O–H groups in total. The molecule has 0 radical (unpaired) electrons. The first kappa shape index (κ1) is 19.1. The summed E-state index contributed by atoms with van der Waals surface area (Å²) in [5.41, 5.74) is 4.59. The predicted octanol–water partition coefficient (Wildman–Crippen LogP) is 3.92. The number of anilines is 2. The van der Waals surface area contributed by atoms with Crippen molar-refractivity contribution in [3.8, 4) is 0 Å². The number of nitro groups is 1. The molecular formula is C22H24N4O3. The second-order valence-electron chi connectivity index (χ2n) is 7.30. The maximum atomic E-state index is 11.5. The largest absolute Gasteiger partial charge is 0.378 e. The smallest absolute Gasteiger partial charge is 0.295 e. The van der Waals surface area contributed by atoms with Gasteiger partial charge in [-0.25, -0.2) is 4.98 Å². The van der Waals surface area contributed by atoms with Gasteiger partial charge in [0.15, 0.2) is 5.52 Å². The normalized spacial score (nSPS) is 14.2. The average molecular weight is 392 g/mol. The van der Waals surface area contributed by atoms with Crippen LogP contribution in [-0.4, -0.2) is 43.3 Å². The quantitative estimate of drug-likeness (QED) is 0.484. The van der Waals surface area contributed by atoms with Crippen molar-refractivity contribution in [2.24, 2.45) is 0 Å². The lowest BCUT2D eigenvalue weighted by atomic mass is 10.1. The molecule has 1 fully saturated rings. The van der Waals surface area contributed by atoms with Crippen LogP contribution in [0.25, 0.3) is 10.9 Å². The highest BCUT2D eigenvalue weighted by atomic mass is 16.6. The van der Waals surface area contributed by atoms with Gasteiger partial charge in [-0.15, -0.1) is 0 Å². The molecular weight excluding hydrogens is 368 g/mol. The summed E-state index contributed by atoms with van der Waals surface area (Å²) in [5.74, 6) is 0. The molecule has 0 amide bonds. The lowest BCUT2D eigenvalue weighted by molar-refractivity contribution is -0.383. The Morgan fingerprint density at radius 1 is 1.17 bits per heavy atom. The summed E-state index contributed by atoms with van der Waals surface area (Å²) >= 11 is 0. The molecule has 29 heavy (non-hydrogen) atoms. The Balaban J connectivity index is 1.71. The molecule has 7 nitrogen and oxygen atoms in total. The van der Waals surface area contributed by atoms with Gasteiger partial charge in [-0.05, 0) is 24.6 Å². The monoisotopic (exact) mass is 392 g/mol. The lowest BCUT2D eigenvalue weighted by Crippen LogP contribution is -2.37. The predicted molar refractivity (Wildman–Crippen MR) is 115 cm³/mol. The van der Waals surface area contributed by atoms with Crippen LogP contribution in [0.2, 0.25) is 0 Å². The fourth-order valence-electron chi connectivity index (χ4n) is 3.90. The number of aromatic nitrogens is 1. The van der Waals surface area contributed by atoms with E-state index in [4.69, 9.17) is 4.74 Å². The second kappa shape index (κ2) is 8.05. The summed E-state index contributed by atoms with van der Waals surface area (Å²) in [6, 6.07) is 15.5. The number of benzene rings is 2. The summed E-state index contributed by atoms with van der Waals surface area (Å²) in [7, 11) is 2.02. The third-order valence-corrected chi connectivity index (χ3v) is 5.28. The first-order chi connectivity index (χ1) is 14.0. The third-order valence-electron chi connectivity index (χ3n) is 5.28. The Labute approximate surface area is 169 Å². The van der Waals surface area contributed by atoms with Crippen molar-refractivity contribution >= 4 is 28.0 Å². The number of rotatable bonds is 5. The lowest BCUT2D eigenvalue weighted by Gasteiger charge is -2.32. The van der Waals surface area contributed by atoms with Crippen LogP contribution in [0.5, 0.6) is 0 Å². The number of nitro benzene ring substituents is 1. The van der Waals surface area contributed by atoms with E-state index in [1.165, 1.54) is 17.3 Å². The zero-order valence-electron chi connectivity index (χ0n) is 16.7. The number of nitrogens with zero attached hydrogens (tertiary/aromatic N) is 4. The van der Waals surface area contributed by atoms with Gasteiger partial charge in [-0.3, -0.25) is 10.1 Å². The van der Waals surface area contributed by atoms with Crippen LogP contribution in [-0.2, 0) is 11.3 Å². The van der Waals surface area contributed by atoms with Crippen LogP contribution >= 0.6 is 0 Å². The van der Waals surface area contributed by atoms with Crippen molar-refractivity contribution in [1.82, 2.24) is 4.98 Å². The number of pyridine rings is 1. The van der Waals surface area contributed by atoms with Crippen LogP contribution in [0.15, 0.2) is 48.5 Å². The molecule has 1 saturated heterocycles. The van der Waals surface area contributed by atoms with Gasteiger partial charge in [0.05, 0.1) is 18.1 Å². The number of aryl methyl sites for hydroxylation is 1. The first-order valence-electron chi connectivity index (χ1n) is 9.71. The maximum absolute atomic E-state index is 11.5. The molecule has 1 aliphatic rings. The summed E-state index contributed by atoms with van der Waals surface area (Å²) in [5, 5.41) is 12.2. The van der Waals surface area contributed by atoms with Gasteiger partial charge in [-0.2, -0.15) is 0 Å². The van der Waals surface area contributed by atoms with Crippen LogP contribution in [0.3, 0.4) is 0 Å². The van der Waals surface area contributed by atoms with Crippen molar-refractivity contribution in [2.75, 3.05) is 43.2 Å². The highest BCUT2D eigenvalue weighted by Gasteiger charge is 2.19. The Hall–Kier alpha value is -3.19.